The van der Waals surface area contributed by atoms with Crippen LogP contribution in [0.5, 0.6) is 0 Å². The average Bonchev–Trinajstić information content (AvgIpc) is 3.37. The van der Waals surface area contributed by atoms with Gasteiger partial charge in [0.25, 0.3) is 0 Å². The zero-order valence-electron chi connectivity index (χ0n) is 15.6. The number of thiazole rings is 2. The van der Waals surface area contributed by atoms with E-state index in [2.05, 4.69) is 73.1 Å². The van der Waals surface area contributed by atoms with E-state index in [1.54, 1.807) is 22.7 Å². The van der Waals surface area contributed by atoms with Gasteiger partial charge in [-0.1, -0.05) is 67.4 Å². The van der Waals surface area contributed by atoms with Crippen molar-refractivity contribution in [2.75, 3.05) is 0 Å². The highest BCUT2D eigenvalue weighted by Crippen LogP contribution is 2.33. The second-order valence-corrected chi connectivity index (χ2v) is 8.46. The van der Waals surface area contributed by atoms with Crippen LogP contribution in [0.15, 0.2) is 59.3 Å². The van der Waals surface area contributed by atoms with Gasteiger partial charge in [0.1, 0.15) is 0 Å². The fourth-order valence-corrected chi connectivity index (χ4v) is 4.66. The lowest BCUT2D eigenvalue weighted by Gasteiger charge is -2.01. The SMILES string of the molecule is CCCCc1ccc(-c2csc(-c3nc(-c4ccc(C)cc4)cs3)n2)cc1. The monoisotopic (exact) mass is 390 g/mol. The summed E-state index contributed by atoms with van der Waals surface area (Å²) in [5.74, 6) is 0. The summed E-state index contributed by atoms with van der Waals surface area (Å²) in [6.45, 7) is 4.33. The molecule has 0 saturated carbocycles. The Balaban J connectivity index is 1.53. The van der Waals surface area contributed by atoms with Crippen molar-refractivity contribution in [3.8, 4) is 32.5 Å². The molecule has 0 amide bonds. The Labute approximate surface area is 168 Å². The Morgan fingerprint density at radius 1 is 0.741 bits per heavy atom. The van der Waals surface area contributed by atoms with Crippen LogP contribution in [0.2, 0.25) is 0 Å². The molecule has 2 heterocycles. The predicted octanol–water partition coefficient (Wildman–Crippen LogP) is 7.25. The number of aryl methyl sites for hydroxylation is 2. The molecule has 4 heteroatoms. The van der Waals surface area contributed by atoms with E-state index < -0.39 is 0 Å². The largest absolute Gasteiger partial charge is 0.233 e. The van der Waals surface area contributed by atoms with Gasteiger partial charge in [0.2, 0.25) is 0 Å². The normalized spacial score (nSPS) is 11.0. The maximum absolute atomic E-state index is 4.83. The molecule has 0 bridgehead atoms. The summed E-state index contributed by atoms with van der Waals surface area (Å²) in [5, 5.41) is 6.22. The van der Waals surface area contributed by atoms with Gasteiger partial charge in [-0.3, -0.25) is 0 Å². The molecular weight excluding hydrogens is 368 g/mol. The Bertz CT molecular complexity index is 1010. The van der Waals surface area contributed by atoms with Crippen molar-refractivity contribution in [2.24, 2.45) is 0 Å². The van der Waals surface area contributed by atoms with Crippen LogP contribution in [0.3, 0.4) is 0 Å². The molecule has 0 spiro atoms. The van der Waals surface area contributed by atoms with E-state index in [1.165, 1.54) is 29.5 Å². The molecule has 2 aromatic heterocycles. The molecule has 136 valence electrons. The number of nitrogens with zero attached hydrogens (tertiary/aromatic N) is 2. The Hall–Kier alpha value is -2.30. The second kappa shape index (κ2) is 8.15. The lowest BCUT2D eigenvalue weighted by Crippen LogP contribution is -1.85. The molecule has 0 atom stereocenters. The summed E-state index contributed by atoms with van der Waals surface area (Å²) < 4.78 is 0. The van der Waals surface area contributed by atoms with Gasteiger partial charge in [-0.25, -0.2) is 9.97 Å². The molecule has 2 aromatic carbocycles. The molecule has 0 saturated heterocycles. The molecule has 0 radical (unpaired) electrons. The first-order valence-electron chi connectivity index (χ1n) is 9.30. The Kier molecular flexibility index (Phi) is 5.46. The fourth-order valence-electron chi connectivity index (χ4n) is 2.96. The molecule has 0 unspecified atom stereocenters. The molecule has 27 heavy (non-hydrogen) atoms. The molecule has 0 aliphatic rings. The van der Waals surface area contributed by atoms with Crippen LogP contribution in [0.4, 0.5) is 0 Å². The lowest BCUT2D eigenvalue weighted by molar-refractivity contribution is 0.795. The minimum Gasteiger partial charge on any atom is -0.233 e. The van der Waals surface area contributed by atoms with Crippen LogP contribution < -0.4 is 0 Å². The highest BCUT2D eigenvalue weighted by molar-refractivity contribution is 7.20. The highest BCUT2D eigenvalue weighted by atomic mass is 32.1. The molecular formula is C23H22N2S2. The van der Waals surface area contributed by atoms with E-state index in [-0.39, 0.29) is 0 Å². The summed E-state index contributed by atoms with van der Waals surface area (Å²) in [7, 11) is 0. The third kappa shape index (κ3) is 4.18. The van der Waals surface area contributed by atoms with Crippen LogP contribution in [-0.4, -0.2) is 9.97 Å². The van der Waals surface area contributed by atoms with Gasteiger partial charge in [0.15, 0.2) is 10.0 Å². The molecule has 0 aliphatic carbocycles. The third-order valence-corrected chi connectivity index (χ3v) is 6.43. The maximum Gasteiger partial charge on any atom is 0.152 e. The summed E-state index contributed by atoms with van der Waals surface area (Å²) in [5.41, 5.74) is 7.05. The molecule has 0 fully saturated rings. The molecule has 2 nitrogen and oxygen atoms in total. The number of aromatic nitrogens is 2. The maximum atomic E-state index is 4.83. The van der Waals surface area contributed by atoms with Crippen LogP contribution >= 0.6 is 22.7 Å². The quantitative estimate of drug-likeness (QED) is 0.346. The van der Waals surface area contributed by atoms with Gasteiger partial charge in [-0.15, -0.1) is 22.7 Å². The number of hydrogen-bond donors (Lipinski definition) is 0. The first kappa shape index (κ1) is 18.1. The molecule has 4 rings (SSSR count). The second-order valence-electron chi connectivity index (χ2n) is 6.74. The zero-order chi connectivity index (χ0) is 18.6. The van der Waals surface area contributed by atoms with Crippen molar-refractivity contribution in [1.82, 2.24) is 9.97 Å². The van der Waals surface area contributed by atoms with Crippen LogP contribution in [0.25, 0.3) is 32.5 Å². The first-order chi connectivity index (χ1) is 13.2. The zero-order valence-corrected chi connectivity index (χ0v) is 17.2. The summed E-state index contributed by atoms with van der Waals surface area (Å²) in [6, 6.07) is 17.3. The predicted molar refractivity (Wildman–Crippen MR) is 117 cm³/mol. The number of hydrogen-bond acceptors (Lipinski definition) is 4. The molecule has 4 aromatic rings. The standard InChI is InChI=1S/C23H22N2S2/c1-3-4-5-17-8-12-19(13-9-17)21-15-27-23(25-21)22-24-20(14-26-22)18-10-6-16(2)7-11-18/h6-15H,3-5H2,1-2H3. The Morgan fingerprint density at radius 3 is 1.78 bits per heavy atom. The van der Waals surface area contributed by atoms with Gasteiger partial charge in [-0.05, 0) is 25.3 Å². The van der Waals surface area contributed by atoms with E-state index in [0.29, 0.717) is 0 Å². The molecule has 0 N–H and O–H groups in total. The number of benzene rings is 2. The third-order valence-electron chi connectivity index (χ3n) is 4.61. The number of rotatable bonds is 6. The van der Waals surface area contributed by atoms with Gasteiger partial charge < -0.3 is 0 Å². The van der Waals surface area contributed by atoms with E-state index in [4.69, 9.17) is 9.97 Å². The number of unbranched alkanes of at least 4 members (excludes halogenated alkanes) is 1. The van der Waals surface area contributed by atoms with Crippen molar-refractivity contribution in [3.63, 3.8) is 0 Å². The fraction of sp³-hybridized carbons (Fsp3) is 0.217. The van der Waals surface area contributed by atoms with Gasteiger partial charge in [0.05, 0.1) is 11.4 Å². The van der Waals surface area contributed by atoms with E-state index in [1.807, 2.05) is 0 Å². The Morgan fingerprint density at radius 2 is 1.26 bits per heavy atom. The van der Waals surface area contributed by atoms with E-state index in [0.717, 1.165) is 33.4 Å². The van der Waals surface area contributed by atoms with Gasteiger partial charge >= 0.3 is 0 Å². The van der Waals surface area contributed by atoms with Crippen molar-refractivity contribution < 1.29 is 0 Å². The van der Waals surface area contributed by atoms with Crippen molar-refractivity contribution in [1.29, 1.82) is 0 Å². The van der Waals surface area contributed by atoms with Crippen molar-refractivity contribution in [2.45, 2.75) is 33.1 Å². The lowest BCUT2D eigenvalue weighted by atomic mass is 10.1. The average molecular weight is 391 g/mol. The van der Waals surface area contributed by atoms with Crippen molar-refractivity contribution in [3.05, 3.63) is 70.4 Å². The van der Waals surface area contributed by atoms with Crippen LogP contribution in [0, 0.1) is 6.92 Å². The van der Waals surface area contributed by atoms with Crippen LogP contribution in [0.1, 0.15) is 30.9 Å². The summed E-state index contributed by atoms with van der Waals surface area (Å²) in [4.78, 5) is 9.63. The first-order valence-corrected chi connectivity index (χ1v) is 11.1. The smallest absolute Gasteiger partial charge is 0.152 e. The highest BCUT2D eigenvalue weighted by Gasteiger charge is 2.11. The topological polar surface area (TPSA) is 25.8 Å². The van der Waals surface area contributed by atoms with Gasteiger partial charge in [0, 0.05) is 21.9 Å². The van der Waals surface area contributed by atoms with E-state index in [9.17, 15) is 0 Å². The van der Waals surface area contributed by atoms with E-state index >= 15 is 0 Å². The summed E-state index contributed by atoms with van der Waals surface area (Å²) in [6.07, 6.45) is 3.63. The van der Waals surface area contributed by atoms with Gasteiger partial charge in [-0.2, -0.15) is 0 Å². The minimum atomic E-state index is 0.987. The molecule has 0 aliphatic heterocycles. The van der Waals surface area contributed by atoms with Crippen LogP contribution in [-0.2, 0) is 6.42 Å². The summed E-state index contributed by atoms with van der Waals surface area (Å²) >= 11 is 3.32. The minimum absolute atomic E-state index is 0.987. The van der Waals surface area contributed by atoms with Crippen molar-refractivity contribution >= 4 is 22.7 Å².